The monoisotopic (exact) mass is 1250 g/mol. The zero-order valence-electron chi connectivity index (χ0n) is 35.7. The molecule has 0 bridgehead atoms. The molecule has 0 saturated heterocycles. The van der Waals surface area contributed by atoms with E-state index in [1.807, 2.05) is 97.1 Å². The van der Waals surface area contributed by atoms with Crippen LogP contribution in [-0.2, 0) is 44.8 Å². The van der Waals surface area contributed by atoms with Gasteiger partial charge in [0.2, 0.25) is 0 Å². The van der Waals surface area contributed by atoms with Crippen molar-refractivity contribution < 1.29 is 44.8 Å². The molecule has 0 fully saturated rings. The zero-order chi connectivity index (χ0) is 44.1. The van der Waals surface area contributed by atoms with Gasteiger partial charge in [-0.2, -0.15) is 0 Å². The van der Waals surface area contributed by atoms with Crippen molar-refractivity contribution in [2.45, 2.75) is 0 Å². The Morgan fingerprint density at radius 2 is 0.500 bits per heavy atom. The Bertz CT molecular complexity index is 2820. The standard InChI is InChI=1S/C26H24P2.2C17H8N.2Au/c1-5-13-23(14-6-1)27(24-15-7-2-8-16-24)21-22-28(25-17-9-3-10-18-25)26-19-11-4-12-20-26;2*1-3-12-13-8-4-6-10-15(13)17(18-2)16-11-7-5-9-14(12)16;;/h1-20H,21-22H2;2*4-11H;;/q;2*-1;2*+1/p+2. The molecule has 0 aliphatic heterocycles. The van der Waals surface area contributed by atoms with Gasteiger partial charge in [0.1, 0.15) is 12.3 Å². The van der Waals surface area contributed by atoms with Gasteiger partial charge in [0, 0.05) is 0 Å². The van der Waals surface area contributed by atoms with Gasteiger partial charge >= 0.3 is 44.8 Å². The van der Waals surface area contributed by atoms with Crippen molar-refractivity contribution in [1.82, 2.24) is 0 Å². The Morgan fingerprint density at radius 3 is 0.697 bits per heavy atom. The van der Waals surface area contributed by atoms with Gasteiger partial charge in [-0.05, 0) is 70.1 Å². The summed E-state index contributed by atoms with van der Waals surface area (Å²) in [6.45, 7) is 14.8. The van der Waals surface area contributed by atoms with Crippen LogP contribution in [0.2, 0.25) is 0 Å². The van der Waals surface area contributed by atoms with E-state index in [0.717, 1.165) is 54.2 Å². The number of benzene rings is 10. The Kier molecular flexibility index (Phi) is 18.1. The molecule has 0 aliphatic rings. The third kappa shape index (κ3) is 10.9. The number of nitrogens with zero attached hydrogens (tertiary/aromatic N) is 2. The zero-order valence-corrected chi connectivity index (χ0v) is 42.0. The number of hydrogen-bond donors (Lipinski definition) is 0. The molecule has 0 radical (unpaired) electrons. The molecular formula is C60H42Au2N2P2+2. The second-order valence-corrected chi connectivity index (χ2v) is 20.2. The van der Waals surface area contributed by atoms with Gasteiger partial charge in [0.05, 0.1) is 50.2 Å². The molecule has 322 valence electrons. The van der Waals surface area contributed by atoms with Crippen molar-refractivity contribution in [2.24, 2.45) is 0 Å². The molecule has 10 rings (SSSR count). The van der Waals surface area contributed by atoms with Gasteiger partial charge in [-0.1, -0.05) is 191 Å². The first-order valence-electron chi connectivity index (χ1n) is 21.1. The van der Waals surface area contributed by atoms with Gasteiger partial charge in [-0.25, -0.2) is 9.69 Å². The van der Waals surface area contributed by atoms with Crippen LogP contribution in [0.3, 0.4) is 0 Å². The summed E-state index contributed by atoms with van der Waals surface area (Å²) in [5.74, 6) is 5.02. The first-order chi connectivity index (χ1) is 31.6. The van der Waals surface area contributed by atoms with Crippen LogP contribution in [-0.4, -0.2) is 12.3 Å². The smallest absolute Gasteiger partial charge is 0.366 e. The molecule has 10 aromatic carbocycles. The van der Waals surface area contributed by atoms with Crippen LogP contribution in [0.5, 0.6) is 0 Å². The van der Waals surface area contributed by atoms with E-state index in [2.05, 4.69) is 143 Å². The average Bonchev–Trinajstić information content (AvgIpc) is 3.37. The largest absolute Gasteiger partial charge is 1.00 e. The summed E-state index contributed by atoms with van der Waals surface area (Å²) < 4.78 is 0. The summed E-state index contributed by atoms with van der Waals surface area (Å²) in [5, 5.41) is 13.3. The molecule has 2 nitrogen and oxygen atoms in total. The minimum absolute atomic E-state index is 0. The van der Waals surface area contributed by atoms with Crippen LogP contribution in [0.4, 0.5) is 11.4 Å². The molecule has 66 heavy (non-hydrogen) atoms. The van der Waals surface area contributed by atoms with Gasteiger partial charge in [-0.3, -0.25) is 11.8 Å². The minimum Gasteiger partial charge on any atom is -0.366 e. The molecule has 0 unspecified atom stereocenters. The second kappa shape index (κ2) is 24.3. The molecule has 0 aromatic heterocycles. The maximum Gasteiger partial charge on any atom is 1.00 e. The second-order valence-electron chi connectivity index (χ2n) is 15.0. The molecular weight excluding hydrogens is 1200 g/mol. The quantitative estimate of drug-likeness (QED) is 0.0494. The SMILES string of the molecule is [Au+].[Au+].[C-]#Cc1c2ccccc2c([N+]#[C-])c2ccccc12.[C-]#Cc1c2ccccc2c([N+]#[C-])c2ccccc12.c1ccc([PH+](CC[PH+](c2ccccc2)c2ccccc2)c2ccccc2)cc1. The Hall–Kier alpha value is -6.32. The molecule has 0 atom stereocenters. The number of rotatable bonds is 7. The molecule has 0 spiro atoms. The number of hydrogen-bond acceptors (Lipinski definition) is 0. The van der Waals surface area contributed by atoms with E-state index in [4.69, 9.17) is 26.0 Å². The Labute approximate surface area is 422 Å². The maximum absolute atomic E-state index is 7.51. The van der Waals surface area contributed by atoms with Crippen molar-refractivity contribution in [1.29, 1.82) is 0 Å². The van der Waals surface area contributed by atoms with Crippen molar-refractivity contribution in [2.75, 3.05) is 12.3 Å². The predicted molar refractivity (Wildman–Crippen MR) is 279 cm³/mol. The van der Waals surface area contributed by atoms with Gasteiger partial charge in [0.15, 0.2) is 11.4 Å². The summed E-state index contributed by atoms with van der Waals surface area (Å²) in [7, 11) is -1.57. The fourth-order valence-corrected chi connectivity index (χ4v) is 14.6. The van der Waals surface area contributed by atoms with Gasteiger partial charge < -0.3 is 12.8 Å². The minimum atomic E-state index is -0.783. The molecule has 0 amide bonds. The summed E-state index contributed by atoms with van der Waals surface area (Å²) in [5.41, 5.74) is 2.82. The Balaban J connectivity index is 0.000000167. The molecule has 0 N–H and O–H groups in total. The van der Waals surface area contributed by atoms with Crippen molar-refractivity contribution in [3.05, 3.63) is 265 Å². The number of fused-ring (bicyclic) bond motifs is 4. The van der Waals surface area contributed by atoms with E-state index < -0.39 is 15.8 Å². The molecule has 0 saturated carbocycles. The summed E-state index contributed by atoms with van der Waals surface area (Å²) in [4.78, 5) is 7.33. The normalized spacial score (nSPS) is 10.2. The van der Waals surface area contributed by atoms with Crippen molar-refractivity contribution in [3.8, 4) is 11.8 Å². The van der Waals surface area contributed by atoms with E-state index in [1.54, 1.807) is 0 Å². The first-order valence-corrected chi connectivity index (χ1v) is 24.5. The maximum atomic E-state index is 7.51. The first kappa shape index (κ1) is 49.1. The average molecular weight is 1250 g/mol. The molecule has 6 heteroatoms. The predicted octanol–water partition coefficient (Wildman–Crippen LogP) is 13.7. The third-order valence-electron chi connectivity index (χ3n) is 11.4. The topological polar surface area (TPSA) is 8.72 Å². The summed E-state index contributed by atoms with van der Waals surface area (Å²) >= 11 is 0. The van der Waals surface area contributed by atoms with Crippen LogP contribution in [0.1, 0.15) is 11.1 Å². The Morgan fingerprint density at radius 1 is 0.303 bits per heavy atom. The van der Waals surface area contributed by atoms with Crippen LogP contribution in [0.15, 0.2) is 218 Å². The van der Waals surface area contributed by atoms with Crippen molar-refractivity contribution >= 4 is 91.5 Å². The van der Waals surface area contributed by atoms with E-state index >= 15 is 0 Å². The van der Waals surface area contributed by atoms with Gasteiger partial charge in [-0.15, -0.1) is 11.1 Å². The summed E-state index contributed by atoms with van der Waals surface area (Å²) in [6, 6.07) is 75.3. The van der Waals surface area contributed by atoms with Crippen molar-refractivity contribution in [3.63, 3.8) is 0 Å². The summed E-state index contributed by atoms with van der Waals surface area (Å²) in [6.07, 6.45) is 17.5. The van der Waals surface area contributed by atoms with Crippen LogP contribution in [0, 0.1) is 37.8 Å². The molecule has 0 heterocycles. The van der Waals surface area contributed by atoms with Crippen LogP contribution >= 0.6 is 15.8 Å². The van der Waals surface area contributed by atoms with E-state index in [1.165, 1.54) is 33.5 Å². The van der Waals surface area contributed by atoms with E-state index in [0.29, 0.717) is 11.4 Å². The molecule has 10 aromatic rings. The fraction of sp³-hybridized carbons (Fsp3) is 0.0333. The third-order valence-corrected chi connectivity index (χ3v) is 17.5. The van der Waals surface area contributed by atoms with Crippen LogP contribution in [0.25, 0.3) is 52.8 Å². The van der Waals surface area contributed by atoms with E-state index in [-0.39, 0.29) is 44.8 Å². The van der Waals surface area contributed by atoms with Crippen LogP contribution < -0.4 is 21.2 Å². The fourth-order valence-electron chi connectivity index (χ4n) is 8.44. The van der Waals surface area contributed by atoms with Gasteiger partial charge in [0.25, 0.3) is 0 Å². The van der Waals surface area contributed by atoms with E-state index in [9.17, 15) is 0 Å². The molecule has 0 aliphatic carbocycles.